The van der Waals surface area contributed by atoms with Gasteiger partial charge in [-0.1, -0.05) is 6.58 Å². The molecule has 5 amide bonds. The van der Waals surface area contributed by atoms with Crippen molar-refractivity contribution in [2.45, 2.75) is 0 Å². The molecular formula is C30H35BrN12O5. The van der Waals surface area contributed by atoms with Crippen molar-refractivity contribution < 1.29 is 24.0 Å². The lowest BCUT2D eigenvalue weighted by molar-refractivity contribution is -0.112. The van der Waals surface area contributed by atoms with E-state index in [2.05, 4.69) is 59.5 Å². The fourth-order valence-corrected chi connectivity index (χ4v) is 4.77. The lowest BCUT2D eigenvalue weighted by atomic mass is 10.3. The Hall–Kier alpha value is -6.04. The molecule has 0 saturated carbocycles. The van der Waals surface area contributed by atoms with Gasteiger partial charge in [0.2, 0.25) is 0 Å². The zero-order valence-corrected chi connectivity index (χ0v) is 28.1. The molecule has 0 aromatic carbocycles. The number of aryl methyl sites for hydroxylation is 4. The van der Waals surface area contributed by atoms with Gasteiger partial charge in [-0.25, -0.2) is 0 Å². The summed E-state index contributed by atoms with van der Waals surface area (Å²) in [4.78, 5) is 63.6. The van der Waals surface area contributed by atoms with Crippen molar-refractivity contribution in [3.05, 3.63) is 82.9 Å². The summed E-state index contributed by atoms with van der Waals surface area (Å²) in [5.41, 5.74) is 2.67. The van der Waals surface area contributed by atoms with Gasteiger partial charge >= 0.3 is 0 Å². The molecule has 4 aromatic heterocycles. The lowest BCUT2D eigenvalue weighted by Gasteiger charge is -2.05. The van der Waals surface area contributed by atoms with Crippen LogP contribution in [0.3, 0.4) is 0 Å². The van der Waals surface area contributed by atoms with Crippen molar-refractivity contribution in [2.75, 3.05) is 34.4 Å². The van der Waals surface area contributed by atoms with Crippen LogP contribution in [0.2, 0.25) is 0 Å². The van der Waals surface area contributed by atoms with Crippen LogP contribution >= 0.6 is 15.9 Å². The maximum atomic E-state index is 13.2. The second-order valence-corrected chi connectivity index (χ2v) is 11.6. The van der Waals surface area contributed by atoms with E-state index in [-0.39, 0.29) is 27.5 Å². The van der Waals surface area contributed by atoms with Crippen molar-refractivity contribution >= 4 is 74.6 Å². The van der Waals surface area contributed by atoms with Crippen LogP contribution in [-0.2, 0) is 33.0 Å². The Balaban J connectivity index is 1.37. The minimum Gasteiger partial charge on any atom is -0.373 e. The fourth-order valence-electron chi connectivity index (χ4n) is 4.67. The van der Waals surface area contributed by atoms with Crippen LogP contribution in [0.1, 0.15) is 42.0 Å². The van der Waals surface area contributed by atoms with Gasteiger partial charge in [0.1, 0.15) is 29.1 Å². The minimum absolute atomic E-state index is 0.145. The Kier molecular flexibility index (Phi) is 10.9. The molecule has 252 valence electrons. The molecule has 0 aliphatic rings. The molecule has 0 fully saturated rings. The van der Waals surface area contributed by atoms with E-state index in [4.69, 9.17) is 5.84 Å². The highest BCUT2D eigenvalue weighted by Crippen LogP contribution is 2.21. The number of anilines is 4. The molecule has 0 saturated heterocycles. The highest BCUT2D eigenvalue weighted by molar-refractivity contribution is 9.12. The van der Waals surface area contributed by atoms with Gasteiger partial charge in [-0.2, -0.15) is 5.10 Å². The molecule has 0 unspecified atom stereocenters. The van der Waals surface area contributed by atoms with Crippen LogP contribution in [-0.4, -0.2) is 67.2 Å². The number of halogens is 1. The number of nitrogens with two attached hydrogens (primary N) is 1. The van der Waals surface area contributed by atoms with E-state index in [1.165, 1.54) is 24.5 Å². The van der Waals surface area contributed by atoms with Crippen molar-refractivity contribution in [2.24, 2.45) is 39.1 Å². The average molecular weight is 724 g/mol. The second kappa shape index (κ2) is 15.0. The first-order valence-corrected chi connectivity index (χ1v) is 15.0. The third-order valence-electron chi connectivity index (χ3n) is 6.95. The van der Waals surface area contributed by atoms with Crippen molar-refractivity contribution in [3.63, 3.8) is 0 Å². The predicted octanol–water partition coefficient (Wildman–Crippen LogP) is 1.87. The van der Waals surface area contributed by atoms with E-state index in [1.54, 1.807) is 77.3 Å². The number of aromatic nitrogens is 4. The highest BCUT2D eigenvalue weighted by atomic mass is 79.9. The minimum atomic E-state index is -0.473. The Morgan fingerprint density at radius 3 is 1.38 bits per heavy atom. The van der Waals surface area contributed by atoms with Gasteiger partial charge in [-0.3, -0.25) is 24.0 Å². The van der Waals surface area contributed by atoms with Gasteiger partial charge < -0.3 is 56.0 Å². The quantitative estimate of drug-likeness (QED) is 0.0271. The standard InChI is InChI=1S/C30H35BrN12O5/c1-17(31)26(44)36-18-9-23(41(3)12-18)28(46)38-20-11-25(43(5)14-20)30(48)39-21-10-24(42(4)15-21)29(47)37-19-8-22(40(2)13-19)27(45)34-7-6-33-16-35-32/h8-16H,1,6-7,32H2,2-5H3,(H,33,35)(H,34,45)(H,36,44)(H,37,47)(H,38,46)(H,39,48). The van der Waals surface area contributed by atoms with Crippen LogP contribution < -0.4 is 37.7 Å². The van der Waals surface area contributed by atoms with E-state index in [0.29, 0.717) is 41.5 Å². The summed E-state index contributed by atoms with van der Waals surface area (Å²) in [6.07, 6.45) is 7.68. The summed E-state index contributed by atoms with van der Waals surface area (Å²) in [6.45, 7) is 4.28. The molecule has 4 heterocycles. The summed E-state index contributed by atoms with van der Waals surface area (Å²) >= 11 is 3.01. The zero-order chi connectivity index (χ0) is 35.1. The normalized spacial score (nSPS) is 10.9. The molecule has 0 aliphatic carbocycles. The van der Waals surface area contributed by atoms with E-state index < -0.39 is 23.6 Å². The van der Waals surface area contributed by atoms with Gasteiger partial charge in [0.15, 0.2) is 0 Å². The van der Waals surface area contributed by atoms with Gasteiger partial charge in [0, 0.05) is 66.1 Å². The molecule has 17 nitrogen and oxygen atoms in total. The number of hydrogen-bond acceptors (Lipinski definition) is 7. The average Bonchev–Trinajstić information content (AvgIpc) is 3.78. The number of carbonyl (C=O) groups excluding carboxylic acids is 5. The molecule has 0 atom stereocenters. The van der Waals surface area contributed by atoms with Gasteiger partial charge in [-0.05, 0) is 40.2 Å². The first kappa shape index (κ1) is 34.8. The van der Waals surface area contributed by atoms with Crippen LogP contribution in [0.15, 0.2) is 65.2 Å². The summed E-state index contributed by atoms with van der Waals surface area (Å²) in [7, 11) is 6.65. The molecule has 4 rings (SSSR count). The molecule has 48 heavy (non-hydrogen) atoms. The number of amides is 5. The molecule has 8 N–H and O–H groups in total. The van der Waals surface area contributed by atoms with Crippen molar-refractivity contribution in [1.29, 1.82) is 0 Å². The number of hydrogen-bond donors (Lipinski definition) is 7. The maximum absolute atomic E-state index is 13.2. The second-order valence-electron chi connectivity index (χ2n) is 10.6. The zero-order valence-electron chi connectivity index (χ0n) is 26.6. The molecule has 4 aromatic rings. The van der Waals surface area contributed by atoms with Crippen molar-refractivity contribution in [1.82, 2.24) is 28.9 Å². The summed E-state index contributed by atoms with van der Waals surface area (Å²) in [5, 5.41) is 19.8. The monoisotopic (exact) mass is 722 g/mol. The number of nitrogens with zero attached hydrogens (tertiary/aromatic N) is 5. The highest BCUT2D eigenvalue weighted by Gasteiger charge is 2.20. The first-order chi connectivity index (χ1) is 22.8. The van der Waals surface area contributed by atoms with Gasteiger partial charge in [0.25, 0.3) is 29.5 Å². The van der Waals surface area contributed by atoms with Gasteiger partial charge in [0.05, 0.1) is 27.2 Å². The van der Waals surface area contributed by atoms with Crippen LogP contribution in [0.4, 0.5) is 22.7 Å². The Labute approximate surface area is 283 Å². The summed E-state index contributed by atoms with van der Waals surface area (Å²) in [5.74, 6) is 2.87. The molecule has 0 spiro atoms. The van der Waals surface area contributed by atoms with E-state index in [1.807, 2.05) is 0 Å². The number of nitrogens with one attached hydrogen (secondary N) is 6. The smallest absolute Gasteiger partial charge is 0.272 e. The van der Waals surface area contributed by atoms with E-state index in [9.17, 15) is 24.0 Å². The Bertz CT molecular complexity index is 1930. The SMILES string of the molecule is C=C(Br)C(=O)Nc1cc(C(=O)Nc2cc(C(=O)Nc3cc(C(=O)Nc4cc(C(=O)NCCNC=NN)n(C)c4)n(C)c3)n(C)c2)n(C)c1. The molecule has 0 radical (unpaired) electrons. The van der Waals surface area contributed by atoms with E-state index in [0.717, 1.165) is 0 Å². The topological polar surface area (TPSA) is 216 Å². The molecular weight excluding hydrogens is 688 g/mol. The van der Waals surface area contributed by atoms with E-state index >= 15 is 0 Å². The largest absolute Gasteiger partial charge is 0.373 e. The predicted molar refractivity (Wildman–Crippen MR) is 185 cm³/mol. The van der Waals surface area contributed by atoms with Crippen LogP contribution in [0.25, 0.3) is 0 Å². The Morgan fingerprint density at radius 1 is 0.667 bits per heavy atom. The summed E-state index contributed by atoms with van der Waals surface area (Å²) in [6, 6.07) is 6.09. The Morgan fingerprint density at radius 2 is 1.02 bits per heavy atom. The first-order valence-electron chi connectivity index (χ1n) is 14.3. The third kappa shape index (κ3) is 8.40. The molecule has 0 aliphatic heterocycles. The number of hydrazone groups is 1. The molecule has 0 bridgehead atoms. The molecule has 18 heteroatoms. The van der Waals surface area contributed by atoms with Crippen molar-refractivity contribution in [3.8, 4) is 0 Å². The fraction of sp³-hybridized carbons (Fsp3) is 0.200. The number of carbonyl (C=O) groups is 5. The van der Waals surface area contributed by atoms with Crippen LogP contribution in [0, 0.1) is 0 Å². The third-order valence-corrected chi connectivity index (χ3v) is 7.31. The van der Waals surface area contributed by atoms with Crippen LogP contribution in [0.5, 0.6) is 0 Å². The summed E-state index contributed by atoms with van der Waals surface area (Å²) < 4.78 is 6.39. The lowest BCUT2D eigenvalue weighted by Crippen LogP contribution is -2.32. The van der Waals surface area contributed by atoms with Gasteiger partial charge in [-0.15, -0.1) is 0 Å². The number of rotatable bonds is 13. The maximum Gasteiger partial charge on any atom is 0.272 e.